The summed E-state index contributed by atoms with van der Waals surface area (Å²) in [6, 6.07) is 16.9. The van der Waals surface area contributed by atoms with E-state index in [0.717, 1.165) is 91.7 Å². The van der Waals surface area contributed by atoms with E-state index in [0.29, 0.717) is 48.7 Å². The molecule has 1 saturated heterocycles. The van der Waals surface area contributed by atoms with E-state index in [1.165, 1.54) is 44.9 Å². The van der Waals surface area contributed by atoms with Crippen LogP contribution in [0.1, 0.15) is 133 Å². The lowest BCUT2D eigenvalue weighted by Gasteiger charge is -2.40. The fourth-order valence-corrected chi connectivity index (χ4v) is 8.88. The van der Waals surface area contributed by atoms with Gasteiger partial charge in [0.2, 0.25) is 0 Å². The summed E-state index contributed by atoms with van der Waals surface area (Å²) in [5.74, 6) is 4.24. The second-order valence-corrected chi connectivity index (χ2v) is 16.3. The molecule has 0 bridgehead atoms. The maximum Gasteiger partial charge on any atom is 0.343 e. The van der Waals surface area contributed by atoms with E-state index in [1.807, 2.05) is 36.4 Å². The molecule has 3 aromatic rings. The fourth-order valence-electron chi connectivity index (χ4n) is 8.88. The molecule has 4 unspecified atom stereocenters. The number of hydrogen-bond donors (Lipinski definition) is 0. The number of aryl methyl sites for hydroxylation is 1. The molecule has 0 aromatic heterocycles. The van der Waals surface area contributed by atoms with Gasteiger partial charge < -0.3 is 23.7 Å². The first-order chi connectivity index (χ1) is 26.9. The fraction of sp³-hybridized carbons (Fsp3) is 0.583. The molecule has 2 saturated carbocycles. The summed E-state index contributed by atoms with van der Waals surface area (Å²) in [5, 5.41) is 1.91. The van der Waals surface area contributed by atoms with Crippen LogP contribution in [0.2, 0.25) is 0 Å². The monoisotopic (exact) mass is 752 g/mol. The molecular weight excluding hydrogens is 689 g/mol. The van der Waals surface area contributed by atoms with Crippen LogP contribution in [0.15, 0.2) is 66.7 Å². The number of ether oxygens (including phenoxy) is 5. The minimum absolute atomic E-state index is 0.0327. The number of benzene rings is 3. The molecule has 0 spiro atoms. The zero-order chi connectivity index (χ0) is 38.4. The number of unbranched alkanes of at least 4 members (excludes halogenated alkanes) is 3. The predicted octanol–water partition coefficient (Wildman–Crippen LogP) is 11.8. The first-order valence-corrected chi connectivity index (χ1v) is 21.6. The minimum Gasteiger partial charge on any atom is -0.493 e. The van der Waals surface area contributed by atoms with Gasteiger partial charge in [0.05, 0.1) is 24.7 Å². The first kappa shape index (κ1) is 41.0. The number of rotatable bonds is 20. The van der Waals surface area contributed by atoms with Gasteiger partial charge in [-0.25, -0.2) is 4.79 Å². The van der Waals surface area contributed by atoms with Crippen LogP contribution in [0.4, 0.5) is 0 Å². The van der Waals surface area contributed by atoms with Crippen molar-refractivity contribution >= 4 is 22.7 Å². The third kappa shape index (κ3) is 12.4. The van der Waals surface area contributed by atoms with Crippen LogP contribution < -0.4 is 14.2 Å². The molecule has 0 radical (unpaired) electrons. The van der Waals surface area contributed by atoms with Crippen LogP contribution in [0.5, 0.6) is 17.2 Å². The second-order valence-electron chi connectivity index (χ2n) is 16.3. The largest absolute Gasteiger partial charge is 0.493 e. The van der Waals surface area contributed by atoms with E-state index >= 15 is 0 Å². The van der Waals surface area contributed by atoms with Gasteiger partial charge in [0.15, 0.2) is 6.29 Å². The lowest BCUT2D eigenvalue weighted by molar-refractivity contribution is -0.140. The number of carbonyl (C=O) groups excluding carboxylic acids is 2. The van der Waals surface area contributed by atoms with Crippen LogP contribution in [0.3, 0.4) is 0 Å². The molecule has 3 fully saturated rings. The Hall–Kier alpha value is -3.68. The number of carbonyl (C=O) groups is 2. The Kier molecular flexibility index (Phi) is 15.7. The van der Waals surface area contributed by atoms with Crippen molar-refractivity contribution in [2.24, 2.45) is 29.6 Å². The maximum absolute atomic E-state index is 13.5. The standard InChI is InChI=1S/C48H64O7/c1-4-7-9-13-35-27-34(12-6-3)28-42(29-35)36-15-17-37(18-16-36)47(49)54-44-23-24-45(40(32-44)14-10-8-5-2)55-48(50)41-20-19-39-31-43(22-21-38(39)30-41)51-25-11-26-52-46-33-53-46/h9,13,19-24,30-32,34-37,42,46H,4-8,10-12,14-18,25-29,33H2,1-3H3/b13-9+. The third-order valence-corrected chi connectivity index (χ3v) is 11.9. The van der Waals surface area contributed by atoms with E-state index in [9.17, 15) is 9.59 Å². The van der Waals surface area contributed by atoms with Crippen molar-refractivity contribution < 1.29 is 33.3 Å². The first-order valence-electron chi connectivity index (χ1n) is 21.6. The molecule has 4 atom stereocenters. The van der Waals surface area contributed by atoms with E-state index in [4.69, 9.17) is 23.7 Å². The summed E-state index contributed by atoms with van der Waals surface area (Å²) in [6.07, 6.45) is 22.6. The van der Waals surface area contributed by atoms with Crippen molar-refractivity contribution in [3.63, 3.8) is 0 Å². The van der Waals surface area contributed by atoms with E-state index in [1.54, 1.807) is 18.2 Å². The molecule has 55 heavy (non-hydrogen) atoms. The zero-order valence-electron chi connectivity index (χ0n) is 33.6. The number of allylic oxidation sites excluding steroid dienone is 2. The van der Waals surface area contributed by atoms with Gasteiger partial charge in [-0.05, 0) is 147 Å². The molecule has 1 aliphatic heterocycles. The van der Waals surface area contributed by atoms with Crippen molar-refractivity contribution in [1.29, 1.82) is 0 Å². The predicted molar refractivity (Wildman–Crippen MR) is 219 cm³/mol. The smallest absolute Gasteiger partial charge is 0.343 e. The second kappa shape index (κ2) is 21.0. The van der Waals surface area contributed by atoms with Crippen molar-refractivity contribution in [2.45, 2.75) is 130 Å². The van der Waals surface area contributed by atoms with Gasteiger partial charge in [-0.15, -0.1) is 0 Å². The van der Waals surface area contributed by atoms with Crippen molar-refractivity contribution in [2.75, 3.05) is 19.8 Å². The zero-order valence-corrected chi connectivity index (χ0v) is 33.6. The van der Waals surface area contributed by atoms with Crippen LogP contribution in [-0.2, 0) is 20.7 Å². The molecule has 1 heterocycles. The normalized spacial score (nSPS) is 23.8. The minimum atomic E-state index is -0.414. The van der Waals surface area contributed by atoms with Gasteiger partial charge in [0.25, 0.3) is 0 Å². The Morgan fingerprint density at radius 3 is 2.35 bits per heavy atom. The highest BCUT2D eigenvalue weighted by Gasteiger charge is 2.36. The lowest BCUT2D eigenvalue weighted by atomic mass is 9.65. The molecule has 2 aliphatic carbocycles. The Balaban J connectivity index is 1.03. The molecule has 6 rings (SSSR count). The number of epoxide rings is 1. The molecule has 0 amide bonds. The lowest BCUT2D eigenvalue weighted by Crippen LogP contribution is -2.32. The van der Waals surface area contributed by atoms with Crippen molar-refractivity contribution in [3.8, 4) is 17.2 Å². The van der Waals surface area contributed by atoms with Gasteiger partial charge >= 0.3 is 11.9 Å². The van der Waals surface area contributed by atoms with Gasteiger partial charge in [0.1, 0.15) is 23.9 Å². The summed E-state index contributed by atoms with van der Waals surface area (Å²) in [4.78, 5) is 26.9. The third-order valence-electron chi connectivity index (χ3n) is 11.9. The van der Waals surface area contributed by atoms with E-state index < -0.39 is 5.97 Å². The molecule has 7 nitrogen and oxygen atoms in total. The number of hydrogen-bond acceptors (Lipinski definition) is 7. The topological polar surface area (TPSA) is 83.6 Å². The Morgan fingerprint density at radius 1 is 0.764 bits per heavy atom. The van der Waals surface area contributed by atoms with Crippen LogP contribution >= 0.6 is 0 Å². The highest BCUT2D eigenvalue weighted by Crippen LogP contribution is 2.45. The highest BCUT2D eigenvalue weighted by atomic mass is 16.8. The van der Waals surface area contributed by atoms with Gasteiger partial charge in [-0.3, -0.25) is 4.79 Å². The highest BCUT2D eigenvalue weighted by molar-refractivity contribution is 5.96. The maximum atomic E-state index is 13.5. The van der Waals surface area contributed by atoms with Crippen molar-refractivity contribution in [1.82, 2.24) is 0 Å². The number of fused-ring (bicyclic) bond motifs is 1. The molecule has 7 heteroatoms. The molecule has 0 N–H and O–H groups in total. The summed E-state index contributed by atoms with van der Waals surface area (Å²) in [7, 11) is 0. The molecule has 3 aromatic carbocycles. The summed E-state index contributed by atoms with van der Waals surface area (Å²) < 4.78 is 28.5. The van der Waals surface area contributed by atoms with Crippen LogP contribution in [0, 0.1) is 29.6 Å². The van der Waals surface area contributed by atoms with E-state index in [-0.39, 0.29) is 18.2 Å². The van der Waals surface area contributed by atoms with Gasteiger partial charge in [-0.1, -0.05) is 77.2 Å². The average molecular weight is 753 g/mol. The SMILES string of the molecule is CCC/C=C/C1CC(CCC)CC(C2CCC(C(=O)Oc3ccc(OC(=O)c4ccc5cc(OCCCOC6CO6)ccc5c4)c(CCCCC)c3)CC2)C1. The Bertz CT molecular complexity index is 1700. The van der Waals surface area contributed by atoms with Gasteiger partial charge in [-0.2, -0.15) is 0 Å². The van der Waals surface area contributed by atoms with Gasteiger partial charge in [0, 0.05) is 6.42 Å². The Labute approximate surface area is 329 Å². The molecular formula is C48H64O7. The quantitative estimate of drug-likeness (QED) is 0.0373. The van der Waals surface area contributed by atoms with E-state index in [2.05, 4.69) is 32.9 Å². The van der Waals surface area contributed by atoms with Crippen molar-refractivity contribution in [3.05, 3.63) is 77.9 Å². The Morgan fingerprint density at radius 2 is 1.56 bits per heavy atom. The summed E-state index contributed by atoms with van der Waals surface area (Å²) in [5.41, 5.74) is 1.36. The average Bonchev–Trinajstić information content (AvgIpc) is 4.03. The number of esters is 2. The summed E-state index contributed by atoms with van der Waals surface area (Å²) in [6.45, 7) is 8.59. The summed E-state index contributed by atoms with van der Waals surface area (Å²) >= 11 is 0. The molecule has 298 valence electrons. The van der Waals surface area contributed by atoms with Crippen LogP contribution in [0.25, 0.3) is 10.8 Å². The molecule has 3 aliphatic rings. The van der Waals surface area contributed by atoms with Crippen LogP contribution in [-0.4, -0.2) is 38.0 Å².